The number of carbonyl (C=O) groups excluding carboxylic acids is 1. The van der Waals surface area contributed by atoms with Crippen molar-refractivity contribution >= 4 is 6.29 Å². The van der Waals surface area contributed by atoms with Gasteiger partial charge in [0.05, 0.1) is 0 Å². The highest BCUT2D eigenvalue weighted by Gasteiger charge is 2.07. The van der Waals surface area contributed by atoms with Crippen LogP contribution in [0.1, 0.15) is 18.2 Å². The summed E-state index contributed by atoms with van der Waals surface area (Å²) < 4.78 is 13.0. The lowest BCUT2D eigenvalue weighted by atomic mass is 10.1. The smallest absolute Gasteiger partial charge is 0.132 e. The molecule has 1 N–H and O–H groups in total. The quantitative estimate of drug-likeness (QED) is 0.701. The van der Waals surface area contributed by atoms with Gasteiger partial charge in [0.15, 0.2) is 0 Å². The van der Waals surface area contributed by atoms with Crippen molar-refractivity contribution in [3.05, 3.63) is 29.8 Å². The van der Waals surface area contributed by atoms with Crippen molar-refractivity contribution in [2.45, 2.75) is 12.6 Å². The molecular formula is C9H9FO2. The Kier molecular flexibility index (Phi) is 2.80. The maximum atomic E-state index is 13.0. The second kappa shape index (κ2) is 3.85. The summed E-state index contributed by atoms with van der Waals surface area (Å²) in [6.07, 6.45) is -0.856. The summed E-state index contributed by atoms with van der Waals surface area (Å²) in [4.78, 5) is 9.97. The molecule has 0 aliphatic heterocycles. The minimum atomic E-state index is -1.26. The largest absolute Gasteiger partial charge is 0.508 e. The molecule has 0 saturated heterocycles. The molecule has 0 fully saturated rings. The van der Waals surface area contributed by atoms with Crippen LogP contribution < -0.4 is 0 Å². The first-order valence-corrected chi connectivity index (χ1v) is 3.60. The Morgan fingerprint density at radius 2 is 2.00 bits per heavy atom. The van der Waals surface area contributed by atoms with Gasteiger partial charge in [-0.2, -0.15) is 0 Å². The number of phenolic OH excluding ortho intramolecular Hbond substituents is 1. The molecule has 1 rings (SSSR count). The molecule has 1 unspecified atom stereocenters. The Labute approximate surface area is 69.6 Å². The average Bonchev–Trinajstić information content (AvgIpc) is 2.06. The first-order chi connectivity index (χ1) is 5.74. The molecule has 0 bridgehead atoms. The average molecular weight is 168 g/mol. The Hall–Kier alpha value is -1.38. The Morgan fingerprint density at radius 3 is 2.50 bits per heavy atom. The van der Waals surface area contributed by atoms with E-state index in [9.17, 15) is 9.18 Å². The van der Waals surface area contributed by atoms with Crippen molar-refractivity contribution in [3.8, 4) is 5.75 Å². The molecule has 1 aromatic carbocycles. The molecule has 3 heteroatoms. The van der Waals surface area contributed by atoms with Gasteiger partial charge in [0.1, 0.15) is 18.2 Å². The van der Waals surface area contributed by atoms with Crippen LogP contribution in [0.3, 0.4) is 0 Å². The fourth-order valence-corrected chi connectivity index (χ4v) is 0.904. The normalized spacial score (nSPS) is 12.4. The van der Waals surface area contributed by atoms with Crippen molar-refractivity contribution in [2.75, 3.05) is 0 Å². The van der Waals surface area contributed by atoms with Gasteiger partial charge in [-0.05, 0) is 17.7 Å². The van der Waals surface area contributed by atoms with E-state index in [1.165, 1.54) is 24.3 Å². The van der Waals surface area contributed by atoms with Crippen molar-refractivity contribution in [1.82, 2.24) is 0 Å². The molecule has 0 amide bonds. The molecule has 12 heavy (non-hydrogen) atoms. The predicted molar refractivity (Wildman–Crippen MR) is 42.6 cm³/mol. The predicted octanol–water partition coefficient (Wildman–Crippen LogP) is 1.99. The van der Waals surface area contributed by atoms with Gasteiger partial charge >= 0.3 is 0 Å². The lowest BCUT2D eigenvalue weighted by molar-refractivity contribution is -0.108. The van der Waals surface area contributed by atoms with Crippen LogP contribution in [0.4, 0.5) is 4.39 Å². The molecule has 0 aliphatic carbocycles. The molecule has 0 heterocycles. The number of alkyl halides is 1. The lowest BCUT2D eigenvalue weighted by Gasteiger charge is -2.03. The van der Waals surface area contributed by atoms with E-state index in [2.05, 4.69) is 0 Å². The van der Waals surface area contributed by atoms with Crippen molar-refractivity contribution in [3.63, 3.8) is 0 Å². The van der Waals surface area contributed by atoms with Crippen LogP contribution in [0.25, 0.3) is 0 Å². The van der Waals surface area contributed by atoms with Gasteiger partial charge in [-0.3, -0.25) is 0 Å². The third-order valence-corrected chi connectivity index (χ3v) is 1.56. The van der Waals surface area contributed by atoms with E-state index < -0.39 is 6.17 Å². The number of phenols is 1. The first-order valence-electron chi connectivity index (χ1n) is 3.60. The summed E-state index contributed by atoms with van der Waals surface area (Å²) in [5.41, 5.74) is 0.417. The van der Waals surface area contributed by atoms with Gasteiger partial charge in [-0.1, -0.05) is 12.1 Å². The second-order valence-electron chi connectivity index (χ2n) is 2.46. The van der Waals surface area contributed by atoms with Crippen LogP contribution in [0.15, 0.2) is 24.3 Å². The molecule has 2 nitrogen and oxygen atoms in total. The van der Waals surface area contributed by atoms with Crippen LogP contribution in [-0.4, -0.2) is 11.4 Å². The number of hydrogen-bond acceptors (Lipinski definition) is 2. The van der Waals surface area contributed by atoms with Gasteiger partial charge in [0, 0.05) is 6.42 Å². The zero-order valence-corrected chi connectivity index (χ0v) is 6.40. The van der Waals surface area contributed by atoms with Gasteiger partial charge in [-0.15, -0.1) is 0 Å². The SMILES string of the molecule is O=CCC(F)c1ccc(O)cc1. The van der Waals surface area contributed by atoms with Crippen LogP contribution in [-0.2, 0) is 4.79 Å². The molecule has 0 aliphatic rings. The molecule has 0 spiro atoms. The van der Waals surface area contributed by atoms with Crippen LogP contribution in [0.5, 0.6) is 5.75 Å². The Bertz CT molecular complexity index is 256. The van der Waals surface area contributed by atoms with Crippen LogP contribution in [0, 0.1) is 0 Å². The fraction of sp³-hybridized carbons (Fsp3) is 0.222. The number of aldehydes is 1. The van der Waals surface area contributed by atoms with Crippen molar-refractivity contribution in [1.29, 1.82) is 0 Å². The second-order valence-corrected chi connectivity index (χ2v) is 2.46. The Morgan fingerprint density at radius 1 is 1.42 bits per heavy atom. The first kappa shape index (κ1) is 8.71. The van der Waals surface area contributed by atoms with E-state index in [-0.39, 0.29) is 12.2 Å². The topological polar surface area (TPSA) is 37.3 Å². The molecule has 0 aromatic heterocycles. The highest BCUT2D eigenvalue weighted by Crippen LogP contribution is 2.21. The molecule has 1 aromatic rings. The molecule has 64 valence electrons. The number of rotatable bonds is 3. The zero-order valence-electron chi connectivity index (χ0n) is 6.40. The number of aromatic hydroxyl groups is 1. The highest BCUT2D eigenvalue weighted by atomic mass is 19.1. The minimum Gasteiger partial charge on any atom is -0.508 e. The summed E-state index contributed by atoms with van der Waals surface area (Å²) >= 11 is 0. The fourth-order valence-electron chi connectivity index (χ4n) is 0.904. The van der Waals surface area contributed by atoms with Crippen molar-refractivity contribution in [2.24, 2.45) is 0 Å². The van der Waals surface area contributed by atoms with Gasteiger partial charge in [-0.25, -0.2) is 4.39 Å². The molecule has 0 saturated carbocycles. The van der Waals surface area contributed by atoms with Crippen LogP contribution in [0.2, 0.25) is 0 Å². The third-order valence-electron chi connectivity index (χ3n) is 1.56. The summed E-state index contributed by atoms with van der Waals surface area (Å²) in [6.45, 7) is 0. The van der Waals surface area contributed by atoms with E-state index in [1.807, 2.05) is 0 Å². The van der Waals surface area contributed by atoms with Gasteiger partial charge in [0.2, 0.25) is 0 Å². The summed E-state index contributed by atoms with van der Waals surface area (Å²) in [6, 6.07) is 5.71. The van der Waals surface area contributed by atoms with E-state index in [0.29, 0.717) is 11.8 Å². The van der Waals surface area contributed by atoms with Gasteiger partial charge < -0.3 is 9.90 Å². The van der Waals surface area contributed by atoms with E-state index in [0.717, 1.165) is 0 Å². The monoisotopic (exact) mass is 168 g/mol. The maximum Gasteiger partial charge on any atom is 0.132 e. The number of halogens is 1. The van der Waals surface area contributed by atoms with Crippen LogP contribution >= 0.6 is 0 Å². The molecule has 1 atom stereocenters. The number of hydrogen-bond donors (Lipinski definition) is 1. The van der Waals surface area contributed by atoms with Crippen molar-refractivity contribution < 1.29 is 14.3 Å². The zero-order chi connectivity index (χ0) is 8.97. The van der Waals surface area contributed by atoms with E-state index >= 15 is 0 Å². The summed E-state index contributed by atoms with van der Waals surface area (Å²) in [5.74, 6) is 0.0945. The molecular weight excluding hydrogens is 159 g/mol. The third kappa shape index (κ3) is 2.05. The molecule has 0 radical (unpaired) electrons. The number of carbonyl (C=O) groups is 1. The standard InChI is InChI=1S/C9H9FO2/c10-9(5-6-11)7-1-3-8(12)4-2-7/h1-4,6,9,12H,5H2. The summed E-state index contributed by atoms with van der Waals surface area (Å²) in [7, 11) is 0. The van der Waals surface area contributed by atoms with Gasteiger partial charge in [0.25, 0.3) is 0 Å². The maximum absolute atomic E-state index is 13.0. The minimum absolute atomic E-state index is 0.0945. The highest BCUT2D eigenvalue weighted by molar-refractivity contribution is 5.51. The lowest BCUT2D eigenvalue weighted by Crippen LogP contribution is -1.91. The Balaban J connectivity index is 2.74. The number of benzene rings is 1. The van der Waals surface area contributed by atoms with E-state index in [4.69, 9.17) is 5.11 Å². The summed E-state index contributed by atoms with van der Waals surface area (Å²) in [5, 5.41) is 8.88. The van der Waals surface area contributed by atoms with E-state index in [1.54, 1.807) is 0 Å².